The van der Waals surface area contributed by atoms with Gasteiger partial charge in [0, 0.05) is 48.5 Å². The zero-order valence-corrected chi connectivity index (χ0v) is 19.0. The number of fused-ring (bicyclic) bond motifs is 1. The summed E-state index contributed by atoms with van der Waals surface area (Å²) in [6.07, 6.45) is 2.39. The maximum absolute atomic E-state index is 13.1. The van der Waals surface area contributed by atoms with Crippen LogP contribution in [0.15, 0.2) is 60.3 Å². The third-order valence-electron chi connectivity index (χ3n) is 5.70. The van der Waals surface area contributed by atoms with Crippen LogP contribution in [-0.2, 0) is 14.3 Å². The summed E-state index contributed by atoms with van der Waals surface area (Å²) in [7, 11) is 1.60. The number of methoxy groups -OCH3 is 1. The summed E-state index contributed by atoms with van der Waals surface area (Å²) in [6, 6.07) is 13.9. The van der Waals surface area contributed by atoms with E-state index in [2.05, 4.69) is 4.98 Å². The van der Waals surface area contributed by atoms with Crippen molar-refractivity contribution in [1.82, 2.24) is 9.88 Å². The molecule has 0 aliphatic carbocycles. The quantitative estimate of drug-likeness (QED) is 0.230. The minimum Gasteiger partial charge on any atom is -0.507 e. The maximum atomic E-state index is 13.1. The number of ether oxygens (including phenoxy) is 2. The van der Waals surface area contributed by atoms with Gasteiger partial charge in [0.05, 0.1) is 17.7 Å². The van der Waals surface area contributed by atoms with Gasteiger partial charge in [-0.3, -0.25) is 9.59 Å². The number of H-pyrrole nitrogens is 1. The van der Waals surface area contributed by atoms with Gasteiger partial charge in [-0.25, -0.2) is 0 Å². The smallest absolute Gasteiger partial charge is 0.295 e. The number of likely N-dealkylation sites (tertiary alicyclic amines) is 1. The van der Waals surface area contributed by atoms with Gasteiger partial charge in [-0.1, -0.05) is 18.2 Å². The van der Waals surface area contributed by atoms with E-state index in [4.69, 9.17) is 9.47 Å². The van der Waals surface area contributed by atoms with E-state index in [-0.39, 0.29) is 17.4 Å². The zero-order chi connectivity index (χ0) is 23.5. The molecule has 2 aromatic carbocycles. The molecule has 1 aliphatic rings. The van der Waals surface area contributed by atoms with Gasteiger partial charge >= 0.3 is 0 Å². The second kappa shape index (κ2) is 9.50. The molecule has 0 bridgehead atoms. The molecule has 33 heavy (non-hydrogen) atoms. The van der Waals surface area contributed by atoms with Gasteiger partial charge in [0.2, 0.25) is 0 Å². The Labute approximate surface area is 192 Å². The van der Waals surface area contributed by atoms with Gasteiger partial charge in [0.15, 0.2) is 0 Å². The Balaban J connectivity index is 1.81. The molecular weight excluding hydrogens is 420 g/mol. The molecule has 4 rings (SSSR count). The highest BCUT2D eigenvalue weighted by atomic mass is 16.5. The van der Waals surface area contributed by atoms with Crippen LogP contribution in [0.5, 0.6) is 5.75 Å². The monoisotopic (exact) mass is 448 g/mol. The summed E-state index contributed by atoms with van der Waals surface area (Å²) >= 11 is 0. The number of hydrogen-bond acceptors (Lipinski definition) is 5. The number of carbonyl (C=O) groups is 2. The Morgan fingerprint density at radius 1 is 1.12 bits per heavy atom. The molecule has 3 aromatic rings. The number of para-hydroxylation sites is 1. The number of aliphatic hydroxyl groups is 1. The summed E-state index contributed by atoms with van der Waals surface area (Å²) in [5.74, 6) is -0.853. The molecule has 1 saturated heterocycles. The first-order valence-corrected chi connectivity index (χ1v) is 11.0. The Morgan fingerprint density at radius 2 is 1.85 bits per heavy atom. The number of carbonyl (C=O) groups excluding carboxylic acids is 2. The topological polar surface area (TPSA) is 91.9 Å². The first-order valence-electron chi connectivity index (χ1n) is 11.0. The minimum absolute atomic E-state index is 0.0174. The third kappa shape index (κ3) is 4.36. The predicted molar refractivity (Wildman–Crippen MR) is 126 cm³/mol. The molecule has 7 nitrogen and oxygen atoms in total. The number of rotatable bonds is 8. The molecule has 1 amide bonds. The molecule has 0 spiro atoms. The molecule has 1 aromatic heterocycles. The average Bonchev–Trinajstić information content (AvgIpc) is 3.33. The van der Waals surface area contributed by atoms with Crippen molar-refractivity contribution in [3.05, 3.63) is 71.4 Å². The number of nitrogens with zero attached hydrogens (tertiary/aromatic N) is 1. The molecule has 1 aliphatic heterocycles. The number of amides is 1. The number of benzene rings is 2. The zero-order valence-electron chi connectivity index (χ0n) is 19.0. The molecule has 1 fully saturated rings. The van der Waals surface area contributed by atoms with E-state index < -0.39 is 17.7 Å². The normalized spacial score (nSPS) is 17.9. The van der Waals surface area contributed by atoms with Crippen molar-refractivity contribution < 1.29 is 24.2 Å². The summed E-state index contributed by atoms with van der Waals surface area (Å²) in [4.78, 5) is 30.9. The molecule has 2 N–H and O–H groups in total. The predicted octanol–water partition coefficient (Wildman–Crippen LogP) is 4.41. The Hall–Kier alpha value is -3.58. The molecule has 172 valence electrons. The number of aromatic nitrogens is 1. The highest BCUT2D eigenvalue weighted by molar-refractivity contribution is 6.46. The number of aromatic amines is 1. The molecule has 2 heterocycles. The number of nitrogens with one attached hydrogen (secondary N) is 1. The molecule has 0 saturated carbocycles. The van der Waals surface area contributed by atoms with Crippen molar-refractivity contribution in [1.29, 1.82) is 0 Å². The highest BCUT2D eigenvalue weighted by Crippen LogP contribution is 2.42. The minimum atomic E-state index is -0.704. The van der Waals surface area contributed by atoms with Crippen LogP contribution in [0.3, 0.4) is 0 Å². The van der Waals surface area contributed by atoms with Crippen molar-refractivity contribution in [2.75, 3.05) is 20.3 Å². The van der Waals surface area contributed by atoms with Crippen molar-refractivity contribution in [2.45, 2.75) is 32.4 Å². The number of hydrogen-bond donors (Lipinski definition) is 2. The summed E-state index contributed by atoms with van der Waals surface area (Å²) < 4.78 is 10.8. The van der Waals surface area contributed by atoms with Crippen molar-refractivity contribution >= 4 is 28.4 Å². The lowest BCUT2D eigenvalue weighted by Gasteiger charge is -2.24. The van der Waals surface area contributed by atoms with Gasteiger partial charge in [-0.05, 0) is 50.6 Å². The summed E-state index contributed by atoms with van der Waals surface area (Å²) in [5, 5.41) is 12.1. The average molecular weight is 449 g/mol. The summed E-state index contributed by atoms with van der Waals surface area (Å²) in [6.45, 7) is 4.65. The standard InChI is InChI=1S/C26H28N2O5/c1-16(2)33-18-11-9-17(10-12-18)24(29)22-23(20-15-27-21-8-5-4-7-19(20)21)28(13-6-14-32-3)26(31)25(22)30/h4-5,7-12,15-16,23,27,29H,6,13-14H2,1-3H3/b24-22+. The van der Waals surface area contributed by atoms with Crippen LogP contribution in [-0.4, -0.2) is 53.0 Å². The van der Waals surface area contributed by atoms with E-state index >= 15 is 0 Å². The molecule has 7 heteroatoms. The molecule has 1 atom stereocenters. The van der Waals surface area contributed by atoms with E-state index in [9.17, 15) is 14.7 Å². The Morgan fingerprint density at radius 3 is 2.55 bits per heavy atom. The number of aliphatic hydroxyl groups excluding tert-OH is 1. The van der Waals surface area contributed by atoms with E-state index in [0.717, 1.165) is 16.5 Å². The van der Waals surface area contributed by atoms with E-state index in [1.807, 2.05) is 38.1 Å². The molecule has 0 radical (unpaired) electrons. The van der Waals surface area contributed by atoms with Crippen LogP contribution in [0.25, 0.3) is 16.7 Å². The number of ketones is 1. The largest absolute Gasteiger partial charge is 0.507 e. The van der Waals surface area contributed by atoms with Gasteiger partial charge in [-0.15, -0.1) is 0 Å². The lowest BCUT2D eigenvalue weighted by Crippen LogP contribution is -2.31. The van der Waals surface area contributed by atoms with Crippen LogP contribution >= 0.6 is 0 Å². The Kier molecular flexibility index (Phi) is 6.51. The van der Waals surface area contributed by atoms with Crippen LogP contribution in [0.4, 0.5) is 0 Å². The van der Waals surface area contributed by atoms with Gasteiger partial charge in [-0.2, -0.15) is 0 Å². The fourth-order valence-electron chi connectivity index (χ4n) is 4.25. The van der Waals surface area contributed by atoms with Crippen LogP contribution in [0, 0.1) is 0 Å². The lowest BCUT2D eigenvalue weighted by atomic mass is 9.95. The van der Waals surface area contributed by atoms with Crippen LogP contribution in [0.1, 0.15) is 37.4 Å². The Bertz CT molecular complexity index is 1190. The molecule has 1 unspecified atom stereocenters. The highest BCUT2D eigenvalue weighted by Gasteiger charge is 2.46. The van der Waals surface area contributed by atoms with Crippen molar-refractivity contribution in [3.8, 4) is 5.75 Å². The second-order valence-corrected chi connectivity index (χ2v) is 8.32. The van der Waals surface area contributed by atoms with Crippen LogP contribution < -0.4 is 4.74 Å². The fourth-order valence-corrected chi connectivity index (χ4v) is 4.25. The second-order valence-electron chi connectivity index (χ2n) is 8.32. The first kappa shape index (κ1) is 22.6. The van der Waals surface area contributed by atoms with E-state index in [0.29, 0.717) is 30.9 Å². The first-order chi connectivity index (χ1) is 15.9. The van der Waals surface area contributed by atoms with E-state index in [1.54, 1.807) is 37.6 Å². The van der Waals surface area contributed by atoms with Gasteiger partial charge in [0.1, 0.15) is 11.5 Å². The lowest BCUT2D eigenvalue weighted by molar-refractivity contribution is -0.140. The summed E-state index contributed by atoms with van der Waals surface area (Å²) in [5.41, 5.74) is 2.19. The van der Waals surface area contributed by atoms with Gasteiger partial charge in [0.25, 0.3) is 11.7 Å². The SMILES string of the molecule is COCCCN1C(=O)C(=O)/C(=C(/O)c2ccc(OC(C)C)cc2)C1c1c[nH]c2ccccc12. The number of Topliss-reactive ketones (excluding diaryl/α,β-unsaturated/α-hetero) is 1. The van der Waals surface area contributed by atoms with Crippen molar-refractivity contribution in [2.24, 2.45) is 0 Å². The van der Waals surface area contributed by atoms with E-state index in [1.165, 1.54) is 4.90 Å². The van der Waals surface area contributed by atoms with Crippen LogP contribution in [0.2, 0.25) is 0 Å². The van der Waals surface area contributed by atoms with Crippen molar-refractivity contribution in [3.63, 3.8) is 0 Å². The third-order valence-corrected chi connectivity index (χ3v) is 5.70. The van der Waals surface area contributed by atoms with Gasteiger partial charge < -0.3 is 24.5 Å². The fraction of sp³-hybridized carbons (Fsp3) is 0.308. The molecular formula is C26H28N2O5. The maximum Gasteiger partial charge on any atom is 0.295 e.